The second kappa shape index (κ2) is 6.17. The molecule has 0 atom stereocenters. The second-order valence-corrected chi connectivity index (χ2v) is 4.94. The van der Waals surface area contributed by atoms with Crippen LogP contribution in [0.25, 0.3) is 0 Å². The van der Waals surface area contributed by atoms with Crippen molar-refractivity contribution in [2.75, 3.05) is 6.61 Å². The van der Waals surface area contributed by atoms with E-state index in [1.165, 1.54) is 24.3 Å². The molecule has 0 N–H and O–H groups in total. The number of non-ortho nitro benzene ring substituents is 1. The number of hydrogen-bond donors (Lipinski definition) is 0. The van der Waals surface area contributed by atoms with E-state index in [0.29, 0.717) is 5.75 Å². The van der Waals surface area contributed by atoms with Crippen LogP contribution in [0.5, 0.6) is 5.75 Å². The lowest BCUT2D eigenvalue weighted by atomic mass is 10.2. The van der Waals surface area contributed by atoms with E-state index in [9.17, 15) is 14.9 Å². The highest BCUT2D eigenvalue weighted by molar-refractivity contribution is 5.69. The van der Waals surface area contributed by atoms with Crippen LogP contribution < -0.4 is 4.74 Å². The molecule has 0 aliphatic carbocycles. The molecular weight excluding hydrogens is 250 g/mol. The molecular formula is C13H17NO5. The van der Waals surface area contributed by atoms with Crippen molar-refractivity contribution in [3.8, 4) is 5.75 Å². The van der Waals surface area contributed by atoms with Crippen molar-refractivity contribution >= 4 is 11.7 Å². The summed E-state index contributed by atoms with van der Waals surface area (Å²) >= 11 is 0. The van der Waals surface area contributed by atoms with Gasteiger partial charge in [0.05, 0.1) is 18.0 Å². The average Bonchev–Trinajstić information content (AvgIpc) is 2.27. The zero-order valence-electron chi connectivity index (χ0n) is 11.2. The topological polar surface area (TPSA) is 78.7 Å². The molecule has 0 unspecified atom stereocenters. The third kappa shape index (κ3) is 5.85. The fraction of sp³-hybridized carbons (Fsp3) is 0.462. The van der Waals surface area contributed by atoms with Crippen molar-refractivity contribution in [1.82, 2.24) is 0 Å². The van der Waals surface area contributed by atoms with Gasteiger partial charge in [0.1, 0.15) is 11.4 Å². The molecule has 0 bridgehead atoms. The van der Waals surface area contributed by atoms with Gasteiger partial charge in [0, 0.05) is 12.1 Å². The molecule has 0 amide bonds. The maximum atomic E-state index is 11.4. The van der Waals surface area contributed by atoms with Crippen LogP contribution in [0.4, 0.5) is 5.69 Å². The largest absolute Gasteiger partial charge is 0.493 e. The Morgan fingerprint density at radius 3 is 2.32 bits per heavy atom. The molecule has 0 aliphatic rings. The Balaban J connectivity index is 2.37. The van der Waals surface area contributed by atoms with Crippen LogP contribution in [0.1, 0.15) is 27.2 Å². The van der Waals surface area contributed by atoms with Gasteiger partial charge < -0.3 is 9.47 Å². The van der Waals surface area contributed by atoms with Crippen molar-refractivity contribution < 1.29 is 19.2 Å². The van der Waals surface area contributed by atoms with Crippen molar-refractivity contribution in [2.24, 2.45) is 0 Å². The molecule has 1 aromatic carbocycles. The van der Waals surface area contributed by atoms with Crippen LogP contribution in [0.15, 0.2) is 24.3 Å². The number of benzene rings is 1. The van der Waals surface area contributed by atoms with E-state index < -0.39 is 10.5 Å². The summed E-state index contributed by atoms with van der Waals surface area (Å²) in [6.45, 7) is 5.55. The Hall–Kier alpha value is -2.11. The third-order valence-corrected chi connectivity index (χ3v) is 2.04. The Kier molecular flexibility index (Phi) is 4.86. The van der Waals surface area contributed by atoms with Gasteiger partial charge in [-0.15, -0.1) is 0 Å². The summed E-state index contributed by atoms with van der Waals surface area (Å²) in [4.78, 5) is 21.4. The molecule has 6 heteroatoms. The Labute approximate surface area is 111 Å². The van der Waals surface area contributed by atoms with Crippen LogP contribution in [-0.2, 0) is 9.53 Å². The van der Waals surface area contributed by atoms with E-state index in [1.807, 2.05) is 0 Å². The number of ether oxygens (including phenoxy) is 2. The molecule has 0 saturated heterocycles. The summed E-state index contributed by atoms with van der Waals surface area (Å²) in [6.07, 6.45) is 0.133. The van der Waals surface area contributed by atoms with Gasteiger partial charge in [-0.1, -0.05) is 0 Å². The predicted octanol–water partition coefficient (Wildman–Crippen LogP) is 2.71. The summed E-state index contributed by atoms with van der Waals surface area (Å²) < 4.78 is 10.4. The normalized spacial score (nSPS) is 10.9. The molecule has 0 heterocycles. The molecule has 0 fully saturated rings. The Morgan fingerprint density at radius 1 is 1.26 bits per heavy atom. The number of esters is 1. The summed E-state index contributed by atoms with van der Waals surface area (Å²) in [5.74, 6) is 0.142. The van der Waals surface area contributed by atoms with Crippen LogP contribution in [0, 0.1) is 10.1 Å². The smallest absolute Gasteiger partial charge is 0.309 e. The van der Waals surface area contributed by atoms with Crippen LogP contribution in [-0.4, -0.2) is 23.1 Å². The first-order valence-corrected chi connectivity index (χ1v) is 5.87. The number of nitro benzene ring substituents is 1. The van der Waals surface area contributed by atoms with Gasteiger partial charge in [0.15, 0.2) is 0 Å². The highest BCUT2D eigenvalue weighted by Crippen LogP contribution is 2.17. The maximum Gasteiger partial charge on any atom is 0.309 e. The van der Waals surface area contributed by atoms with Crippen molar-refractivity contribution in [1.29, 1.82) is 0 Å². The molecule has 0 aromatic heterocycles. The standard InChI is InChI=1S/C13H17NO5/c1-13(2,3)19-12(15)8-9-18-11-6-4-10(5-7-11)14(16)17/h4-7H,8-9H2,1-3H3. The van der Waals surface area contributed by atoms with Gasteiger partial charge in [0.2, 0.25) is 0 Å². The highest BCUT2D eigenvalue weighted by atomic mass is 16.6. The number of rotatable bonds is 5. The summed E-state index contributed by atoms with van der Waals surface area (Å²) in [5, 5.41) is 10.5. The first-order chi connectivity index (χ1) is 8.78. The number of nitrogens with zero attached hydrogens (tertiary/aromatic N) is 1. The molecule has 0 aliphatic heterocycles. The van der Waals surface area contributed by atoms with Gasteiger partial charge in [-0.25, -0.2) is 0 Å². The lowest BCUT2D eigenvalue weighted by Gasteiger charge is -2.19. The van der Waals surface area contributed by atoms with E-state index in [2.05, 4.69) is 0 Å². The summed E-state index contributed by atoms with van der Waals surface area (Å²) in [6, 6.07) is 5.69. The molecule has 1 rings (SSSR count). The molecule has 0 spiro atoms. The number of nitro groups is 1. The van der Waals surface area contributed by atoms with E-state index in [1.54, 1.807) is 20.8 Å². The lowest BCUT2D eigenvalue weighted by Crippen LogP contribution is -2.24. The van der Waals surface area contributed by atoms with E-state index in [0.717, 1.165) is 0 Å². The van der Waals surface area contributed by atoms with Gasteiger partial charge in [-0.2, -0.15) is 0 Å². The van der Waals surface area contributed by atoms with Crippen LogP contribution in [0.3, 0.4) is 0 Å². The number of carbonyl (C=O) groups is 1. The summed E-state index contributed by atoms with van der Waals surface area (Å²) in [5.41, 5.74) is -0.510. The SMILES string of the molecule is CC(C)(C)OC(=O)CCOc1ccc([N+](=O)[O-])cc1. The molecule has 19 heavy (non-hydrogen) atoms. The molecule has 6 nitrogen and oxygen atoms in total. The molecule has 0 saturated carbocycles. The van der Waals surface area contributed by atoms with E-state index in [-0.39, 0.29) is 24.7 Å². The fourth-order valence-electron chi connectivity index (χ4n) is 1.31. The zero-order valence-corrected chi connectivity index (χ0v) is 11.2. The lowest BCUT2D eigenvalue weighted by molar-refractivity contribution is -0.384. The van der Waals surface area contributed by atoms with Crippen LogP contribution >= 0.6 is 0 Å². The highest BCUT2D eigenvalue weighted by Gasteiger charge is 2.16. The van der Waals surface area contributed by atoms with E-state index in [4.69, 9.17) is 9.47 Å². The first kappa shape index (κ1) is 14.9. The zero-order chi connectivity index (χ0) is 14.5. The predicted molar refractivity (Wildman–Crippen MR) is 69.1 cm³/mol. The van der Waals surface area contributed by atoms with Gasteiger partial charge >= 0.3 is 5.97 Å². The van der Waals surface area contributed by atoms with Gasteiger partial charge in [-0.05, 0) is 32.9 Å². The minimum absolute atomic E-state index is 0.000470. The third-order valence-electron chi connectivity index (χ3n) is 2.04. The van der Waals surface area contributed by atoms with E-state index >= 15 is 0 Å². The summed E-state index contributed by atoms with van der Waals surface area (Å²) in [7, 11) is 0. The second-order valence-electron chi connectivity index (χ2n) is 4.94. The van der Waals surface area contributed by atoms with Gasteiger partial charge in [-0.3, -0.25) is 14.9 Å². The quantitative estimate of drug-likeness (QED) is 0.465. The minimum atomic E-state index is -0.509. The fourth-order valence-corrected chi connectivity index (χ4v) is 1.31. The van der Waals surface area contributed by atoms with Crippen molar-refractivity contribution in [3.63, 3.8) is 0 Å². The van der Waals surface area contributed by atoms with Crippen LogP contribution in [0.2, 0.25) is 0 Å². The number of hydrogen-bond acceptors (Lipinski definition) is 5. The first-order valence-electron chi connectivity index (χ1n) is 5.87. The monoisotopic (exact) mass is 267 g/mol. The maximum absolute atomic E-state index is 11.4. The van der Waals surface area contributed by atoms with Crippen molar-refractivity contribution in [2.45, 2.75) is 32.8 Å². The average molecular weight is 267 g/mol. The van der Waals surface area contributed by atoms with Gasteiger partial charge in [0.25, 0.3) is 5.69 Å². The molecule has 104 valence electrons. The van der Waals surface area contributed by atoms with Crippen molar-refractivity contribution in [3.05, 3.63) is 34.4 Å². The Morgan fingerprint density at radius 2 is 1.84 bits per heavy atom. The number of carbonyl (C=O) groups excluding carboxylic acids is 1. The molecule has 1 aromatic rings. The Bertz CT molecular complexity index is 447. The molecule has 0 radical (unpaired) electrons. The minimum Gasteiger partial charge on any atom is -0.493 e.